The van der Waals surface area contributed by atoms with Crippen LogP contribution >= 0.6 is 0 Å². The van der Waals surface area contributed by atoms with Gasteiger partial charge in [-0.1, -0.05) is 191 Å². The Balaban J connectivity index is 4.26. The van der Waals surface area contributed by atoms with Gasteiger partial charge in [0.2, 0.25) is 0 Å². The number of unbranched alkanes of at least 4 members (excludes halogenated alkanes) is 22. The number of likely N-dealkylation sites (N-methyl/N-ethyl adjacent to an activating group) is 1. The molecule has 0 spiro atoms. The molecular formula is C52H93NO7. The molecule has 0 radical (unpaired) electrons. The van der Waals surface area contributed by atoms with Crippen LogP contribution in [0.3, 0.4) is 0 Å². The van der Waals surface area contributed by atoms with Gasteiger partial charge in [0, 0.05) is 19.3 Å². The molecule has 0 rings (SSSR count). The van der Waals surface area contributed by atoms with Gasteiger partial charge in [-0.05, 0) is 51.4 Å². The number of esters is 2. The molecule has 8 heteroatoms. The van der Waals surface area contributed by atoms with E-state index in [-0.39, 0.29) is 49.1 Å². The summed E-state index contributed by atoms with van der Waals surface area (Å²) in [5, 5.41) is 11.6. The maximum atomic E-state index is 12.7. The Labute approximate surface area is 369 Å². The van der Waals surface area contributed by atoms with E-state index in [4.69, 9.17) is 14.2 Å². The van der Waals surface area contributed by atoms with E-state index in [0.717, 1.165) is 57.8 Å². The molecule has 0 aromatic carbocycles. The van der Waals surface area contributed by atoms with Gasteiger partial charge in [-0.3, -0.25) is 9.59 Å². The highest BCUT2D eigenvalue weighted by Gasteiger charge is 2.25. The number of nitrogens with zero attached hydrogens (tertiary/aromatic N) is 1. The first kappa shape index (κ1) is 57.3. The lowest BCUT2D eigenvalue weighted by Crippen LogP contribution is -2.55. The predicted molar refractivity (Wildman–Crippen MR) is 250 cm³/mol. The van der Waals surface area contributed by atoms with Crippen molar-refractivity contribution >= 4 is 17.9 Å². The number of hydrogen-bond acceptors (Lipinski definition) is 7. The summed E-state index contributed by atoms with van der Waals surface area (Å²) in [6.45, 7) is 4.52. The van der Waals surface area contributed by atoms with Crippen molar-refractivity contribution in [1.82, 2.24) is 0 Å². The van der Waals surface area contributed by atoms with Crippen LogP contribution < -0.4 is 5.11 Å². The highest BCUT2D eigenvalue weighted by atomic mass is 16.6. The van der Waals surface area contributed by atoms with E-state index in [1.54, 1.807) is 21.1 Å². The SMILES string of the molecule is CC/C=C\C/C=C\C/C=C\C/C=C\CCCCC(=O)OC(COCCC(C(=O)[O-])[N+](C)(C)C)COC(=O)CCCCCCCCCCCCCCCCCCCCCCC. The third kappa shape index (κ3) is 40.7. The average Bonchev–Trinajstić information content (AvgIpc) is 3.21. The summed E-state index contributed by atoms with van der Waals surface area (Å²) >= 11 is 0. The summed E-state index contributed by atoms with van der Waals surface area (Å²) in [5.41, 5.74) is 0. The quantitative estimate of drug-likeness (QED) is 0.0260. The highest BCUT2D eigenvalue weighted by molar-refractivity contribution is 5.70. The molecular weight excluding hydrogens is 751 g/mol. The van der Waals surface area contributed by atoms with Gasteiger partial charge in [0.25, 0.3) is 0 Å². The Morgan fingerprint density at radius 3 is 1.38 bits per heavy atom. The molecule has 0 heterocycles. The van der Waals surface area contributed by atoms with E-state index in [2.05, 4.69) is 62.5 Å². The van der Waals surface area contributed by atoms with Crippen LogP contribution in [0, 0.1) is 0 Å². The minimum absolute atomic E-state index is 0.0250. The second kappa shape index (κ2) is 43.0. The molecule has 60 heavy (non-hydrogen) atoms. The molecule has 2 unspecified atom stereocenters. The minimum atomic E-state index is -1.13. The largest absolute Gasteiger partial charge is 0.544 e. The Bertz CT molecular complexity index is 1120. The molecule has 8 nitrogen and oxygen atoms in total. The van der Waals surface area contributed by atoms with Crippen LogP contribution in [0.1, 0.15) is 213 Å². The molecule has 0 amide bonds. The molecule has 348 valence electrons. The second-order valence-electron chi connectivity index (χ2n) is 17.7. The fraction of sp³-hybridized carbons (Fsp3) is 0.788. The van der Waals surface area contributed by atoms with E-state index in [0.29, 0.717) is 12.8 Å². The molecule has 0 fully saturated rings. The first-order valence-corrected chi connectivity index (χ1v) is 24.7. The lowest BCUT2D eigenvalue weighted by Gasteiger charge is -2.34. The van der Waals surface area contributed by atoms with Crippen molar-refractivity contribution in [2.75, 3.05) is 41.0 Å². The fourth-order valence-corrected chi connectivity index (χ4v) is 7.18. The van der Waals surface area contributed by atoms with Crippen molar-refractivity contribution in [1.29, 1.82) is 0 Å². The van der Waals surface area contributed by atoms with E-state index >= 15 is 0 Å². The zero-order valence-corrected chi connectivity index (χ0v) is 39.6. The van der Waals surface area contributed by atoms with Crippen molar-refractivity contribution in [2.24, 2.45) is 0 Å². The zero-order chi connectivity index (χ0) is 44.2. The van der Waals surface area contributed by atoms with Gasteiger partial charge >= 0.3 is 11.9 Å². The smallest absolute Gasteiger partial charge is 0.306 e. The molecule has 0 N–H and O–H groups in total. The second-order valence-corrected chi connectivity index (χ2v) is 17.7. The lowest BCUT2D eigenvalue weighted by molar-refractivity contribution is -0.889. The van der Waals surface area contributed by atoms with Crippen LogP contribution in [-0.2, 0) is 28.6 Å². The Hall–Kier alpha value is -2.71. The van der Waals surface area contributed by atoms with E-state index in [1.807, 2.05) is 0 Å². The summed E-state index contributed by atoms with van der Waals surface area (Å²) in [4.78, 5) is 36.9. The van der Waals surface area contributed by atoms with Crippen molar-refractivity contribution < 1.29 is 38.2 Å². The number of carboxylic acid groups (broad SMARTS) is 1. The van der Waals surface area contributed by atoms with E-state index in [1.165, 1.54) is 116 Å². The Morgan fingerprint density at radius 1 is 0.517 bits per heavy atom. The maximum Gasteiger partial charge on any atom is 0.306 e. The zero-order valence-electron chi connectivity index (χ0n) is 39.6. The number of hydrogen-bond donors (Lipinski definition) is 0. The number of rotatable bonds is 44. The number of aliphatic carboxylic acids is 1. The maximum absolute atomic E-state index is 12.7. The number of carbonyl (C=O) groups excluding carboxylic acids is 3. The molecule has 0 aliphatic carbocycles. The first-order valence-electron chi connectivity index (χ1n) is 24.7. The fourth-order valence-electron chi connectivity index (χ4n) is 7.18. The van der Waals surface area contributed by atoms with Crippen LogP contribution in [0.2, 0.25) is 0 Å². The van der Waals surface area contributed by atoms with E-state index in [9.17, 15) is 19.5 Å². The molecule has 0 bridgehead atoms. The average molecular weight is 844 g/mol. The van der Waals surface area contributed by atoms with Crippen LogP contribution in [0.5, 0.6) is 0 Å². The molecule has 0 saturated carbocycles. The van der Waals surface area contributed by atoms with Crippen LogP contribution in [0.25, 0.3) is 0 Å². The lowest BCUT2D eigenvalue weighted by atomic mass is 10.0. The van der Waals surface area contributed by atoms with Gasteiger partial charge in [-0.15, -0.1) is 0 Å². The molecule has 0 aliphatic heterocycles. The van der Waals surface area contributed by atoms with Crippen LogP contribution in [-0.4, -0.2) is 75.5 Å². The molecule has 0 aliphatic rings. The third-order valence-electron chi connectivity index (χ3n) is 11.0. The van der Waals surface area contributed by atoms with Gasteiger partial charge < -0.3 is 28.6 Å². The van der Waals surface area contributed by atoms with Crippen LogP contribution in [0.4, 0.5) is 0 Å². The van der Waals surface area contributed by atoms with Crippen molar-refractivity contribution in [3.05, 3.63) is 48.6 Å². The number of carboxylic acids is 1. The Kier molecular flexibility index (Phi) is 41.0. The molecule has 0 aromatic rings. The monoisotopic (exact) mass is 844 g/mol. The Morgan fingerprint density at radius 2 is 0.933 bits per heavy atom. The van der Waals surface area contributed by atoms with Crippen molar-refractivity contribution in [2.45, 2.75) is 225 Å². The number of ether oxygens (including phenoxy) is 3. The predicted octanol–water partition coefficient (Wildman–Crippen LogP) is 12.6. The summed E-state index contributed by atoms with van der Waals surface area (Å²) in [5.74, 6) is -1.78. The highest BCUT2D eigenvalue weighted by Crippen LogP contribution is 2.16. The summed E-state index contributed by atoms with van der Waals surface area (Å²) in [7, 11) is 5.40. The van der Waals surface area contributed by atoms with Gasteiger partial charge in [-0.2, -0.15) is 0 Å². The van der Waals surface area contributed by atoms with Gasteiger partial charge in [0.15, 0.2) is 6.10 Å². The summed E-state index contributed by atoms with van der Waals surface area (Å²) < 4.78 is 17.2. The standard InChI is InChI=1S/C52H93NO7/c1-6-8-10-12-14-16-18-20-22-23-24-25-26-27-29-30-32-34-36-38-40-42-50(54)59-47-48(46-58-45-44-49(52(56)57)53(3,4)5)60-51(55)43-41-39-37-35-33-31-28-21-19-17-15-13-11-9-7-2/h9,11,15,17,21,28,33,35,48-49H,6-8,10,12-14,16,18-20,22-27,29-32,34,36-47H2,1-5H3/b11-9-,17-15-,28-21-,35-33-. The number of quaternary nitrogens is 1. The van der Waals surface area contributed by atoms with Gasteiger partial charge in [-0.25, -0.2) is 0 Å². The summed E-state index contributed by atoms with van der Waals surface area (Å²) in [6, 6.07) is -0.733. The van der Waals surface area contributed by atoms with Crippen LogP contribution in [0.15, 0.2) is 48.6 Å². The molecule has 0 aromatic heterocycles. The first-order chi connectivity index (χ1) is 29.1. The van der Waals surface area contributed by atoms with Gasteiger partial charge in [0.05, 0.1) is 40.3 Å². The van der Waals surface area contributed by atoms with Crippen molar-refractivity contribution in [3.8, 4) is 0 Å². The van der Waals surface area contributed by atoms with E-state index < -0.39 is 18.1 Å². The summed E-state index contributed by atoms with van der Waals surface area (Å²) in [6.07, 6.45) is 51.5. The van der Waals surface area contributed by atoms with Gasteiger partial charge in [0.1, 0.15) is 12.6 Å². The number of allylic oxidation sites excluding steroid dienone is 8. The van der Waals surface area contributed by atoms with Crippen molar-refractivity contribution in [3.63, 3.8) is 0 Å². The third-order valence-corrected chi connectivity index (χ3v) is 11.0. The topological polar surface area (TPSA) is 102 Å². The molecule has 2 atom stereocenters. The normalized spacial score (nSPS) is 13.3. The minimum Gasteiger partial charge on any atom is -0.544 e. The number of carbonyl (C=O) groups is 3. The molecule has 0 saturated heterocycles.